The van der Waals surface area contributed by atoms with Gasteiger partial charge in [0, 0.05) is 30.2 Å². The molecule has 100 valence electrons. The summed E-state index contributed by atoms with van der Waals surface area (Å²) < 4.78 is 0. The number of anilines is 1. The lowest BCUT2D eigenvalue weighted by atomic mass is 10.1. The molecule has 0 unspecified atom stereocenters. The first kappa shape index (κ1) is 12.4. The molecule has 0 aliphatic heterocycles. The van der Waals surface area contributed by atoms with Gasteiger partial charge in [0.25, 0.3) is 0 Å². The third kappa shape index (κ3) is 2.54. The second-order valence-corrected chi connectivity index (χ2v) is 4.75. The minimum absolute atomic E-state index is 0.309. The van der Waals surface area contributed by atoms with Crippen LogP contribution in [0.25, 0.3) is 11.0 Å². The van der Waals surface area contributed by atoms with Crippen molar-refractivity contribution in [1.82, 2.24) is 9.97 Å². The molecule has 0 amide bonds. The van der Waals surface area contributed by atoms with Gasteiger partial charge in [0.05, 0.1) is 11.0 Å². The lowest BCUT2D eigenvalue weighted by Gasteiger charge is -2.09. The van der Waals surface area contributed by atoms with E-state index < -0.39 is 0 Å². The number of aromatic hydroxyl groups is 1. The normalized spacial score (nSPS) is 10.7. The van der Waals surface area contributed by atoms with Crippen molar-refractivity contribution in [2.45, 2.75) is 13.5 Å². The van der Waals surface area contributed by atoms with Crippen molar-refractivity contribution in [1.29, 1.82) is 0 Å². The van der Waals surface area contributed by atoms with Crippen molar-refractivity contribution < 1.29 is 5.11 Å². The number of fused-ring (bicyclic) bond motifs is 1. The van der Waals surface area contributed by atoms with Gasteiger partial charge in [-0.15, -0.1) is 0 Å². The standard InChI is InChI=1S/C16H15N3O/c1-11-2-5-16(20)12(8-11)10-19-13-3-4-14-15(9-13)18-7-6-17-14/h2-9,19-20H,10H2,1H3. The molecular weight excluding hydrogens is 250 g/mol. The smallest absolute Gasteiger partial charge is 0.120 e. The lowest BCUT2D eigenvalue weighted by molar-refractivity contribution is 0.469. The van der Waals surface area contributed by atoms with Crippen LogP contribution in [0.5, 0.6) is 5.75 Å². The van der Waals surface area contributed by atoms with E-state index in [0.29, 0.717) is 12.3 Å². The summed E-state index contributed by atoms with van der Waals surface area (Å²) >= 11 is 0. The van der Waals surface area contributed by atoms with E-state index in [4.69, 9.17) is 0 Å². The molecule has 0 aliphatic rings. The van der Waals surface area contributed by atoms with Crippen LogP contribution >= 0.6 is 0 Å². The zero-order chi connectivity index (χ0) is 13.9. The number of phenolic OH excluding ortho intramolecular Hbond substituents is 1. The fourth-order valence-electron chi connectivity index (χ4n) is 2.13. The van der Waals surface area contributed by atoms with Crippen LogP contribution in [-0.4, -0.2) is 15.1 Å². The van der Waals surface area contributed by atoms with Crippen molar-refractivity contribution in [3.63, 3.8) is 0 Å². The fraction of sp³-hybridized carbons (Fsp3) is 0.125. The number of hydrogen-bond acceptors (Lipinski definition) is 4. The van der Waals surface area contributed by atoms with E-state index in [-0.39, 0.29) is 0 Å². The molecule has 0 fully saturated rings. The van der Waals surface area contributed by atoms with Crippen LogP contribution in [0.15, 0.2) is 48.8 Å². The highest BCUT2D eigenvalue weighted by Crippen LogP contribution is 2.21. The Kier molecular flexibility index (Phi) is 3.21. The summed E-state index contributed by atoms with van der Waals surface area (Å²) in [6.07, 6.45) is 3.36. The molecule has 0 bridgehead atoms. The van der Waals surface area contributed by atoms with Crippen LogP contribution in [0.2, 0.25) is 0 Å². The van der Waals surface area contributed by atoms with Crippen LogP contribution < -0.4 is 5.32 Å². The van der Waals surface area contributed by atoms with Crippen molar-refractivity contribution >= 4 is 16.7 Å². The molecule has 2 aromatic carbocycles. The number of aryl methyl sites for hydroxylation is 1. The molecule has 0 atom stereocenters. The molecular formula is C16H15N3O. The molecule has 0 saturated heterocycles. The molecule has 0 spiro atoms. The molecule has 2 N–H and O–H groups in total. The molecule has 1 aromatic heterocycles. The molecule has 0 aliphatic carbocycles. The van der Waals surface area contributed by atoms with Gasteiger partial charge in [-0.2, -0.15) is 0 Å². The Morgan fingerprint density at radius 3 is 2.65 bits per heavy atom. The number of aromatic nitrogens is 2. The highest BCUT2D eigenvalue weighted by molar-refractivity contribution is 5.78. The van der Waals surface area contributed by atoms with Gasteiger partial charge in [-0.1, -0.05) is 17.7 Å². The van der Waals surface area contributed by atoms with Gasteiger partial charge in [0.15, 0.2) is 0 Å². The van der Waals surface area contributed by atoms with Gasteiger partial charge in [-0.3, -0.25) is 9.97 Å². The van der Waals surface area contributed by atoms with E-state index in [1.165, 1.54) is 0 Å². The van der Waals surface area contributed by atoms with Gasteiger partial charge in [0.2, 0.25) is 0 Å². The van der Waals surface area contributed by atoms with Crippen LogP contribution in [-0.2, 0) is 6.54 Å². The van der Waals surface area contributed by atoms with Crippen molar-refractivity contribution in [3.8, 4) is 5.75 Å². The van der Waals surface area contributed by atoms with Gasteiger partial charge in [-0.05, 0) is 31.2 Å². The number of hydrogen-bond donors (Lipinski definition) is 2. The predicted octanol–water partition coefficient (Wildman–Crippen LogP) is 3.26. The number of benzene rings is 2. The van der Waals surface area contributed by atoms with E-state index in [2.05, 4.69) is 15.3 Å². The second kappa shape index (κ2) is 5.17. The second-order valence-electron chi connectivity index (χ2n) is 4.75. The summed E-state index contributed by atoms with van der Waals surface area (Å²) in [5.74, 6) is 0.309. The van der Waals surface area contributed by atoms with Crippen molar-refractivity contribution in [3.05, 3.63) is 59.9 Å². The number of phenols is 1. The van der Waals surface area contributed by atoms with E-state index in [9.17, 15) is 5.11 Å². The Labute approximate surface area is 117 Å². The Morgan fingerprint density at radius 2 is 1.80 bits per heavy atom. The quantitative estimate of drug-likeness (QED) is 0.763. The third-order valence-corrected chi connectivity index (χ3v) is 3.19. The maximum absolute atomic E-state index is 9.82. The van der Waals surface area contributed by atoms with E-state index in [1.54, 1.807) is 18.5 Å². The number of rotatable bonds is 3. The Morgan fingerprint density at radius 1 is 1.00 bits per heavy atom. The Balaban J connectivity index is 1.81. The van der Waals surface area contributed by atoms with Crippen molar-refractivity contribution in [2.24, 2.45) is 0 Å². The van der Waals surface area contributed by atoms with Gasteiger partial charge in [-0.25, -0.2) is 0 Å². The van der Waals surface area contributed by atoms with E-state index in [1.807, 2.05) is 37.3 Å². The predicted molar refractivity (Wildman–Crippen MR) is 79.7 cm³/mol. The first-order valence-corrected chi connectivity index (χ1v) is 6.45. The van der Waals surface area contributed by atoms with Gasteiger partial charge < -0.3 is 10.4 Å². The molecule has 1 heterocycles. The average Bonchev–Trinajstić information content (AvgIpc) is 2.48. The highest BCUT2D eigenvalue weighted by Gasteiger charge is 2.02. The molecule has 3 rings (SSSR count). The minimum atomic E-state index is 0.309. The van der Waals surface area contributed by atoms with Crippen LogP contribution in [0, 0.1) is 6.92 Å². The zero-order valence-corrected chi connectivity index (χ0v) is 11.2. The Hall–Kier alpha value is -2.62. The monoisotopic (exact) mass is 265 g/mol. The topological polar surface area (TPSA) is 58.0 Å². The van der Waals surface area contributed by atoms with Gasteiger partial charge in [0.1, 0.15) is 5.75 Å². The van der Waals surface area contributed by atoms with Crippen molar-refractivity contribution in [2.75, 3.05) is 5.32 Å². The summed E-state index contributed by atoms with van der Waals surface area (Å²) in [7, 11) is 0. The van der Waals surface area contributed by atoms with Gasteiger partial charge >= 0.3 is 0 Å². The number of nitrogens with zero attached hydrogens (tertiary/aromatic N) is 2. The fourth-order valence-corrected chi connectivity index (χ4v) is 2.13. The molecule has 4 heteroatoms. The third-order valence-electron chi connectivity index (χ3n) is 3.19. The van der Waals surface area contributed by atoms with E-state index in [0.717, 1.165) is 27.8 Å². The molecule has 20 heavy (non-hydrogen) atoms. The Bertz CT molecular complexity index is 756. The molecule has 0 saturated carbocycles. The van der Waals surface area contributed by atoms with Crippen LogP contribution in [0.4, 0.5) is 5.69 Å². The summed E-state index contributed by atoms with van der Waals surface area (Å²) in [4.78, 5) is 8.51. The zero-order valence-electron chi connectivity index (χ0n) is 11.2. The molecule has 4 nitrogen and oxygen atoms in total. The molecule has 0 radical (unpaired) electrons. The summed E-state index contributed by atoms with van der Waals surface area (Å²) in [5, 5.41) is 13.1. The van der Waals surface area contributed by atoms with E-state index >= 15 is 0 Å². The SMILES string of the molecule is Cc1ccc(O)c(CNc2ccc3nccnc3c2)c1. The highest BCUT2D eigenvalue weighted by atomic mass is 16.3. The maximum atomic E-state index is 9.82. The summed E-state index contributed by atoms with van der Waals surface area (Å²) in [6.45, 7) is 2.58. The summed E-state index contributed by atoms with van der Waals surface area (Å²) in [5.41, 5.74) is 4.69. The van der Waals surface area contributed by atoms with Crippen LogP contribution in [0.1, 0.15) is 11.1 Å². The lowest BCUT2D eigenvalue weighted by Crippen LogP contribution is -2.00. The largest absolute Gasteiger partial charge is 0.508 e. The summed E-state index contributed by atoms with van der Waals surface area (Å²) in [6, 6.07) is 11.4. The maximum Gasteiger partial charge on any atom is 0.120 e. The average molecular weight is 265 g/mol. The van der Waals surface area contributed by atoms with Crippen LogP contribution in [0.3, 0.4) is 0 Å². The first-order valence-electron chi connectivity index (χ1n) is 6.45. The molecule has 3 aromatic rings. The number of nitrogens with one attached hydrogen (secondary N) is 1. The minimum Gasteiger partial charge on any atom is -0.508 e. The first-order chi connectivity index (χ1) is 9.72.